The van der Waals surface area contributed by atoms with Crippen LogP contribution in [-0.2, 0) is 11.3 Å². The monoisotopic (exact) mass is 303 g/mol. The van der Waals surface area contributed by atoms with Crippen LogP contribution < -0.4 is 10.9 Å². The van der Waals surface area contributed by atoms with Gasteiger partial charge in [-0.2, -0.15) is 5.10 Å². The minimum absolute atomic E-state index is 0.0357. The fourth-order valence-corrected chi connectivity index (χ4v) is 2.01. The first-order valence-electron chi connectivity index (χ1n) is 6.63. The lowest BCUT2D eigenvalue weighted by atomic mass is 10.0. The summed E-state index contributed by atoms with van der Waals surface area (Å²) < 4.78 is 6.18. The van der Waals surface area contributed by atoms with Crippen LogP contribution in [0.15, 0.2) is 11.0 Å². The maximum Gasteiger partial charge on any atom is 0.287 e. The van der Waals surface area contributed by atoms with Crippen LogP contribution in [0.1, 0.15) is 20.3 Å². The first-order valence-corrected chi connectivity index (χ1v) is 7.01. The highest BCUT2D eigenvalue weighted by Gasteiger charge is 2.16. The number of hydrogen-bond acceptors (Lipinski definition) is 5. The summed E-state index contributed by atoms with van der Waals surface area (Å²) in [6.45, 7) is 4.91. The maximum atomic E-state index is 12.0. The molecule has 1 aromatic rings. The third kappa shape index (κ3) is 4.47. The van der Waals surface area contributed by atoms with E-state index in [1.807, 2.05) is 13.8 Å². The van der Waals surface area contributed by atoms with Gasteiger partial charge in [0.1, 0.15) is 5.02 Å². The van der Waals surface area contributed by atoms with E-state index in [1.165, 1.54) is 10.9 Å². The Bertz CT molecular complexity index is 476. The van der Waals surface area contributed by atoms with Crippen LogP contribution in [0.4, 0.5) is 5.69 Å². The number of rotatable bonds is 8. The molecule has 0 aliphatic carbocycles. The van der Waals surface area contributed by atoms with E-state index in [0.717, 1.165) is 0 Å². The smallest absolute Gasteiger partial charge is 0.287 e. The predicted molar refractivity (Wildman–Crippen MR) is 79.3 cm³/mol. The van der Waals surface area contributed by atoms with Crippen molar-refractivity contribution in [2.75, 3.05) is 25.6 Å². The molecule has 1 aromatic heterocycles. The van der Waals surface area contributed by atoms with Gasteiger partial charge in [-0.15, -0.1) is 0 Å². The number of aliphatic hydroxyl groups is 1. The SMILES string of the molecule is COCCn1ncc(NC(CCO)C(C)C)c(Cl)c1=O. The summed E-state index contributed by atoms with van der Waals surface area (Å²) in [6, 6.07) is 0.0357. The molecule has 0 radical (unpaired) electrons. The lowest BCUT2D eigenvalue weighted by Gasteiger charge is -2.23. The standard InChI is InChI=1S/C13H22ClN3O3/c1-9(2)10(4-6-18)16-11-8-15-17(5-7-20-3)13(19)12(11)14/h8-10,16,18H,4-7H2,1-3H3. The minimum atomic E-state index is -0.347. The van der Waals surface area contributed by atoms with E-state index >= 15 is 0 Å². The first-order chi connectivity index (χ1) is 9.51. The molecule has 1 unspecified atom stereocenters. The second-order valence-electron chi connectivity index (χ2n) is 4.90. The Morgan fingerprint density at radius 3 is 2.80 bits per heavy atom. The van der Waals surface area contributed by atoms with E-state index in [9.17, 15) is 4.79 Å². The summed E-state index contributed by atoms with van der Waals surface area (Å²) >= 11 is 6.09. The molecular formula is C13H22ClN3O3. The van der Waals surface area contributed by atoms with Gasteiger partial charge in [-0.1, -0.05) is 25.4 Å². The van der Waals surface area contributed by atoms with Crippen LogP contribution in [0.25, 0.3) is 0 Å². The van der Waals surface area contributed by atoms with Crippen molar-refractivity contribution in [3.8, 4) is 0 Å². The van der Waals surface area contributed by atoms with Gasteiger partial charge < -0.3 is 15.2 Å². The average molecular weight is 304 g/mol. The van der Waals surface area contributed by atoms with Gasteiger partial charge in [0.05, 0.1) is 25.0 Å². The quantitative estimate of drug-likeness (QED) is 0.758. The van der Waals surface area contributed by atoms with Crippen LogP contribution in [0.5, 0.6) is 0 Å². The zero-order valence-electron chi connectivity index (χ0n) is 12.1. The number of aliphatic hydroxyl groups excluding tert-OH is 1. The largest absolute Gasteiger partial charge is 0.396 e. The summed E-state index contributed by atoms with van der Waals surface area (Å²) in [5.41, 5.74) is 0.151. The van der Waals surface area contributed by atoms with Crippen molar-refractivity contribution in [2.24, 2.45) is 5.92 Å². The van der Waals surface area contributed by atoms with E-state index in [4.69, 9.17) is 21.4 Å². The molecule has 0 aliphatic heterocycles. The lowest BCUT2D eigenvalue weighted by Crippen LogP contribution is -2.30. The zero-order valence-corrected chi connectivity index (χ0v) is 12.9. The van der Waals surface area contributed by atoms with Gasteiger partial charge in [0.25, 0.3) is 5.56 Å². The number of ether oxygens (including phenoxy) is 1. The second-order valence-corrected chi connectivity index (χ2v) is 5.28. The van der Waals surface area contributed by atoms with E-state index in [2.05, 4.69) is 10.4 Å². The van der Waals surface area contributed by atoms with Gasteiger partial charge in [0.15, 0.2) is 0 Å². The highest BCUT2D eigenvalue weighted by atomic mass is 35.5. The zero-order chi connectivity index (χ0) is 15.1. The van der Waals surface area contributed by atoms with E-state index < -0.39 is 0 Å². The average Bonchev–Trinajstić information content (AvgIpc) is 2.42. The van der Waals surface area contributed by atoms with E-state index in [1.54, 1.807) is 7.11 Å². The van der Waals surface area contributed by atoms with Crippen molar-refractivity contribution in [2.45, 2.75) is 32.9 Å². The highest BCUT2D eigenvalue weighted by molar-refractivity contribution is 6.32. The summed E-state index contributed by atoms with van der Waals surface area (Å²) in [6.07, 6.45) is 2.12. The van der Waals surface area contributed by atoms with Gasteiger partial charge >= 0.3 is 0 Å². The van der Waals surface area contributed by atoms with Gasteiger partial charge in [-0.3, -0.25) is 4.79 Å². The van der Waals surface area contributed by atoms with Gasteiger partial charge in [-0.25, -0.2) is 4.68 Å². The van der Waals surface area contributed by atoms with Gasteiger partial charge in [0, 0.05) is 19.8 Å². The van der Waals surface area contributed by atoms with Crippen LogP contribution in [-0.4, -0.2) is 41.3 Å². The molecule has 1 atom stereocenters. The Kier molecular flexibility index (Phi) is 6.98. The van der Waals surface area contributed by atoms with Crippen molar-refractivity contribution in [3.63, 3.8) is 0 Å². The Balaban J connectivity index is 2.91. The fourth-order valence-electron chi connectivity index (χ4n) is 1.81. The van der Waals surface area contributed by atoms with Crippen molar-refractivity contribution < 1.29 is 9.84 Å². The third-order valence-corrected chi connectivity index (χ3v) is 3.44. The van der Waals surface area contributed by atoms with Crippen LogP contribution in [0.3, 0.4) is 0 Å². The molecule has 0 amide bonds. The summed E-state index contributed by atoms with van der Waals surface area (Å²) in [7, 11) is 1.56. The molecule has 2 N–H and O–H groups in total. The van der Waals surface area contributed by atoms with Crippen LogP contribution in [0, 0.1) is 5.92 Å². The molecule has 1 rings (SSSR count). The molecule has 0 fully saturated rings. The number of hydrogen-bond donors (Lipinski definition) is 2. The number of methoxy groups -OCH3 is 1. The van der Waals surface area contributed by atoms with Crippen LogP contribution in [0.2, 0.25) is 5.02 Å². The number of nitrogens with one attached hydrogen (secondary N) is 1. The fraction of sp³-hybridized carbons (Fsp3) is 0.692. The molecule has 20 heavy (non-hydrogen) atoms. The molecule has 0 saturated heterocycles. The summed E-state index contributed by atoms with van der Waals surface area (Å²) in [5.74, 6) is 0.300. The van der Waals surface area contributed by atoms with Gasteiger partial charge in [-0.05, 0) is 12.3 Å². The summed E-state index contributed by atoms with van der Waals surface area (Å²) in [5, 5.41) is 16.4. The molecule has 114 valence electrons. The Labute approximate surface area is 123 Å². The topological polar surface area (TPSA) is 76.4 Å². The highest BCUT2D eigenvalue weighted by Crippen LogP contribution is 2.20. The molecule has 0 bridgehead atoms. The molecule has 0 spiro atoms. The number of aromatic nitrogens is 2. The van der Waals surface area contributed by atoms with Crippen molar-refractivity contribution >= 4 is 17.3 Å². The van der Waals surface area contributed by atoms with Crippen molar-refractivity contribution in [1.29, 1.82) is 0 Å². The second kappa shape index (κ2) is 8.24. The third-order valence-electron chi connectivity index (χ3n) is 3.08. The molecule has 1 heterocycles. The molecular weight excluding hydrogens is 282 g/mol. The van der Waals surface area contributed by atoms with Gasteiger partial charge in [0.2, 0.25) is 0 Å². The first kappa shape index (κ1) is 16.9. The van der Waals surface area contributed by atoms with E-state index in [-0.39, 0.29) is 23.2 Å². The minimum Gasteiger partial charge on any atom is -0.396 e. The lowest BCUT2D eigenvalue weighted by molar-refractivity contribution is 0.182. The Morgan fingerprint density at radius 1 is 1.55 bits per heavy atom. The number of nitrogens with zero attached hydrogens (tertiary/aromatic N) is 2. The van der Waals surface area contributed by atoms with Crippen molar-refractivity contribution in [3.05, 3.63) is 21.6 Å². The summed E-state index contributed by atoms with van der Waals surface area (Å²) in [4.78, 5) is 12.0. The molecule has 0 saturated carbocycles. The molecule has 7 heteroatoms. The Morgan fingerprint density at radius 2 is 2.25 bits per heavy atom. The van der Waals surface area contributed by atoms with Crippen LogP contribution >= 0.6 is 11.6 Å². The van der Waals surface area contributed by atoms with E-state index in [0.29, 0.717) is 31.2 Å². The Hall–Kier alpha value is -1.11. The molecule has 0 aliphatic rings. The normalized spacial score (nSPS) is 12.7. The molecule has 0 aromatic carbocycles. The maximum absolute atomic E-state index is 12.0. The number of halogens is 1. The molecule has 6 nitrogen and oxygen atoms in total. The number of anilines is 1. The predicted octanol–water partition coefficient (Wildman–Crippen LogP) is 1.36. The van der Waals surface area contributed by atoms with Crippen molar-refractivity contribution in [1.82, 2.24) is 9.78 Å².